The Kier molecular flexibility index (Phi) is 4.49. The van der Waals surface area contributed by atoms with E-state index in [0.717, 1.165) is 0 Å². The largest absolute Gasteiger partial charge is 0.481 e. The van der Waals surface area contributed by atoms with Crippen LogP contribution in [0.25, 0.3) is 0 Å². The van der Waals surface area contributed by atoms with E-state index in [1.165, 1.54) is 0 Å². The second-order valence-corrected chi connectivity index (χ2v) is 2.39. The lowest BCUT2D eigenvalue weighted by Crippen LogP contribution is -2.34. The predicted octanol–water partition coefficient (Wildman–Crippen LogP) is -2.17. The quantitative estimate of drug-likeness (QED) is 0.278. The summed E-state index contributed by atoms with van der Waals surface area (Å²) in [6, 6.07) is -0.979. The molecule has 7 heteroatoms. The summed E-state index contributed by atoms with van der Waals surface area (Å²) in [5, 5.41) is 25.5. The normalized spacial score (nSPS) is 14.9. The fraction of sp³-hybridized carbons (Fsp3) is 0.600. The van der Waals surface area contributed by atoms with Crippen LogP contribution in [0.2, 0.25) is 5.82 Å². The molecule has 2 atom stereocenters. The Bertz CT molecular complexity index is 173. The summed E-state index contributed by atoms with van der Waals surface area (Å²) in [7, 11) is -1.99. The van der Waals surface area contributed by atoms with Gasteiger partial charge in [-0.2, -0.15) is 0 Å². The van der Waals surface area contributed by atoms with E-state index in [2.05, 4.69) is 0 Å². The van der Waals surface area contributed by atoms with Gasteiger partial charge >= 0.3 is 13.1 Å². The summed E-state index contributed by atoms with van der Waals surface area (Å²) >= 11 is 0. The van der Waals surface area contributed by atoms with Gasteiger partial charge in [-0.25, -0.2) is 0 Å². The highest BCUT2D eigenvalue weighted by Crippen LogP contribution is 2.13. The minimum absolute atomic E-state index is 0.281. The number of rotatable bonds is 5. The van der Waals surface area contributed by atoms with Crippen LogP contribution in [0, 0.1) is 0 Å². The number of nitrogens with two attached hydrogens (primary N) is 1. The maximum atomic E-state index is 10.3. The SMILES string of the molecule is N[C@H](C=O)CC(B(O)O)C(=O)O. The van der Waals surface area contributed by atoms with Crippen molar-refractivity contribution in [3.63, 3.8) is 0 Å². The molecule has 0 heterocycles. The Hall–Kier alpha value is -0.915. The summed E-state index contributed by atoms with van der Waals surface area (Å²) in [5.41, 5.74) is 5.10. The zero-order chi connectivity index (χ0) is 9.72. The first-order valence-corrected chi connectivity index (χ1v) is 3.29. The third-order valence-corrected chi connectivity index (χ3v) is 1.38. The molecule has 0 amide bonds. The maximum Gasteiger partial charge on any atom is 0.466 e. The topological polar surface area (TPSA) is 121 Å². The smallest absolute Gasteiger partial charge is 0.466 e. The third kappa shape index (κ3) is 3.47. The van der Waals surface area contributed by atoms with Crippen LogP contribution < -0.4 is 5.73 Å². The molecule has 6 nitrogen and oxygen atoms in total. The van der Waals surface area contributed by atoms with Crippen molar-refractivity contribution in [1.29, 1.82) is 0 Å². The Morgan fingerprint density at radius 2 is 2.08 bits per heavy atom. The fourth-order valence-corrected chi connectivity index (χ4v) is 0.699. The average molecular weight is 175 g/mol. The number of aliphatic carboxylic acids is 1. The molecule has 0 aliphatic carbocycles. The van der Waals surface area contributed by atoms with Crippen molar-refractivity contribution in [2.45, 2.75) is 18.3 Å². The molecule has 0 bridgehead atoms. The number of carboxylic acid groups (broad SMARTS) is 1. The van der Waals surface area contributed by atoms with Crippen LogP contribution in [0.5, 0.6) is 0 Å². The van der Waals surface area contributed by atoms with Gasteiger partial charge in [0.25, 0.3) is 0 Å². The van der Waals surface area contributed by atoms with Crippen molar-refractivity contribution in [2.75, 3.05) is 0 Å². The van der Waals surface area contributed by atoms with Crippen LogP contribution >= 0.6 is 0 Å². The molecule has 0 rings (SSSR count). The second-order valence-electron chi connectivity index (χ2n) is 2.39. The van der Waals surface area contributed by atoms with Crippen LogP contribution in [0.1, 0.15) is 6.42 Å². The number of hydrogen-bond donors (Lipinski definition) is 4. The Morgan fingerprint density at radius 1 is 1.58 bits per heavy atom. The first kappa shape index (κ1) is 11.1. The number of carboxylic acids is 1. The number of carbonyl (C=O) groups excluding carboxylic acids is 1. The first-order chi connectivity index (χ1) is 5.49. The molecule has 0 saturated carbocycles. The molecule has 0 radical (unpaired) electrons. The van der Waals surface area contributed by atoms with E-state index in [1.807, 2.05) is 0 Å². The van der Waals surface area contributed by atoms with Gasteiger partial charge in [0.2, 0.25) is 0 Å². The predicted molar refractivity (Wildman–Crippen MR) is 40.2 cm³/mol. The molecule has 0 aliphatic rings. The Labute approximate surface area is 69.1 Å². The summed E-state index contributed by atoms with van der Waals surface area (Å²) in [4.78, 5) is 20.3. The van der Waals surface area contributed by atoms with Crippen LogP contribution in [0.3, 0.4) is 0 Å². The number of hydrogen-bond acceptors (Lipinski definition) is 5. The molecule has 68 valence electrons. The molecule has 12 heavy (non-hydrogen) atoms. The van der Waals surface area contributed by atoms with E-state index in [-0.39, 0.29) is 6.42 Å². The van der Waals surface area contributed by atoms with E-state index < -0.39 is 24.9 Å². The van der Waals surface area contributed by atoms with Crippen LogP contribution in [-0.4, -0.2) is 40.6 Å². The zero-order valence-corrected chi connectivity index (χ0v) is 6.25. The molecule has 0 aromatic carbocycles. The van der Waals surface area contributed by atoms with Crippen LogP contribution in [-0.2, 0) is 9.59 Å². The van der Waals surface area contributed by atoms with Crippen molar-refractivity contribution < 1.29 is 24.7 Å². The first-order valence-electron chi connectivity index (χ1n) is 3.29. The van der Waals surface area contributed by atoms with E-state index in [1.54, 1.807) is 0 Å². The van der Waals surface area contributed by atoms with Gasteiger partial charge in [-0.15, -0.1) is 0 Å². The number of carbonyl (C=O) groups is 2. The third-order valence-electron chi connectivity index (χ3n) is 1.38. The lowest BCUT2D eigenvalue weighted by molar-refractivity contribution is -0.137. The van der Waals surface area contributed by atoms with E-state index in [9.17, 15) is 9.59 Å². The van der Waals surface area contributed by atoms with E-state index >= 15 is 0 Å². The van der Waals surface area contributed by atoms with Gasteiger partial charge in [-0.3, -0.25) is 4.79 Å². The van der Waals surface area contributed by atoms with Gasteiger partial charge in [0, 0.05) is 0 Å². The van der Waals surface area contributed by atoms with Crippen molar-refractivity contribution in [3.8, 4) is 0 Å². The van der Waals surface area contributed by atoms with Gasteiger partial charge in [0.15, 0.2) is 0 Å². The zero-order valence-electron chi connectivity index (χ0n) is 6.25. The summed E-state index contributed by atoms with van der Waals surface area (Å²) in [5.74, 6) is -2.80. The van der Waals surface area contributed by atoms with Crippen LogP contribution in [0.4, 0.5) is 0 Å². The molecule has 1 unspecified atom stereocenters. The van der Waals surface area contributed by atoms with Crippen molar-refractivity contribution in [2.24, 2.45) is 5.73 Å². The minimum atomic E-state index is -1.99. The Morgan fingerprint density at radius 3 is 2.33 bits per heavy atom. The maximum absolute atomic E-state index is 10.3. The average Bonchev–Trinajstić information content (AvgIpc) is 1.98. The molecule has 5 N–H and O–H groups in total. The fourth-order valence-electron chi connectivity index (χ4n) is 0.699. The van der Waals surface area contributed by atoms with Gasteiger partial charge in [0.1, 0.15) is 6.29 Å². The van der Waals surface area contributed by atoms with E-state index in [4.69, 9.17) is 20.9 Å². The molecule has 0 fully saturated rings. The van der Waals surface area contributed by atoms with Gasteiger partial charge in [-0.1, -0.05) is 0 Å². The highest BCUT2D eigenvalue weighted by molar-refractivity contribution is 6.48. The number of aldehydes is 1. The second kappa shape index (κ2) is 4.86. The van der Waals surface area contributed by atoms with Gasteiger partial charge in [-0.05, 0) is 6.42 Å². The van der Waals surface area contributed by atoms with Crippen molar-refractivity contribution >= 4 is 19.4 Å². The van der Waals surface area contributed by atoms with Crippen LogP contribution in [0.15, 0.2) is 0 Å². The van der Waals surface area contributed by atoms with Gasteiger partial charge < -0.3 is 25.7 Å². The van der Waals surface area contributed by atoms with Gasteiger partial charge in [0.05, 0.1) is 11.9 Å². The summed E-state index contributed by atoms with van der Waals surface area (Å²) in [6.45, 7) is 0. The molecule has 0 spiro atoms. The molecule has 0 aromatic rings. The standard InChI is InChI=1S/C5H10BNO5/c7-3(2-8)1-4(5(9)10)6(11)12/h2-4,11-12H,1,7H2,(H,9,10)/t3-,4?/m0/s1. The Balaban J connectivity index is 4.13. The van der Waals surface area contributed by atoms with Crippen molar-refractivity contribution in [1.82, 2.24) is 0 Å². The molecular formula is C5H10BNO5. The lowest BCUT2D eigenvalue weighted by atomic mass is 9.70. The monoisotopic (exact) mass is 175 g/mol. The summed E-state index contributed by atoms with van der Waals surface area (Å²) < 4.78 is 0. The van der Waals surface area contributed by atoms with Crippen molar-refractivity contribution in [3.05, 3.63) is 0 Å². The highest BCUT2D eigenvalue weighted by atomic mass is 16.4. The molecular weight excluding hydrogens is 165 g/mol. The molecule has 0 aliphatic heterocycles. The van der Waals surface area contributed by atoms with E-state index in [0.29, 0.717) is 6.29 Å². The summed E-state index contributed by atoms with van der Waals surface area (Å²) in [6.07, 6.45) is 0.0782. The molecule has 0 saturated heterocycles. The minimum Gasteiger partial charge on any atom is -0.481 e. The molecule has 0 aromatic heterocycles. The lowest BCUT2D eigenvalue weighted by Gasteiger charge is -2.11. The highest BCUT2D eigenvalue weighted by Gasteiger charge is 2.31.